The first-order valence-electron chi connectivity index (χ1n) is 5.28. The summed E-state index contributed by atoms with van der Waals surface area (Å²) in [5.74, 6) is -0.873. The van der Waals surface area contributed by atoms with Crippen LogP contribution in [-0.2, 0) is 4.79 Å². The molecule has 0 fully saturated rings. The van der Waals surface area contributed by atoms with Crippen molar-refractivity contribution in [2.24, 2.45) is 0 Å². The molecule has 0 saturated heterocycles. The fourth-order valence-corrected chi connectivity index (χ4v) is 2.08. The lowest BCUT2D eigenvalue weighted by atomic mass is 10.2. The molecule has 2 rings (SSSR count). The van der Waals surface area contributed by atoms with E-state index < -0.39 is 11.9 Å². The number of amides is 1. The number of anilines is 1. The molecule has 5 nitrogen and oxygen atoms in total. The molecule has 0 aliphatic rings. The smallest absolute Gasteiger partial charge is 0.249 e. The Bertz CT molecular complexity index is 605. The third-order valence-electron chi connectivity index (χ3n) is 2.48. The van der Waals surface area contributed by atoms with Gasteiger partial charge in [-0.3, -0.25) is 4.79 Å². The zero-order valence-electron chi connectivity index (χ0n) is 9.77. The molecule has 100 valence electrons. The van der Waals surface area contributed by atoms with Crippen LogP contribution in [0, 0.1) is 5.82 Å². The summed E-state index contributed by atoms with van der Waals surface area (Å²) >= 11 is 8.94. The number of carbonyl (C=O) groups excluding carboxylic acids is 1. The Morgan fingerprint density at radius 1 is 1.58 bits per heavy atom. The molecule has 0 aliphatic heterocycles. The van der Waals surface area contributed by atoms with Crippen LogP contribution >= 0.6 is 27.5 Å². The highest BCUT2D eigenvalue weighted by Crippen LogP contribution is 2.29. The molecule has 2 aromatic rings. The highest BCUT2D eigenvalue weighted by molar-refractivity contribution is 9.10. The lowest BCUT2D eigenvalue weighted by molar-refractivity contribution is -0.119. The maximum absolute atomic E-state index is 13.4. The molecule has 0 saturated carbocycles. The van der Waals surface area contributed by atoms with Crippen molar-refractivity contribution in [3.8, 4) is 0 Å². The van der Waals surface area contributed by atoms with Crippen LogP contribution in [0.15, 0.2) is 29.3 Å². The first-order valence-corrected chi connectivity index (χ1v) is 6.45. The van der Waals surface area contributed by atoms with Crippen LogP contribution in [0.25, 0.3) is 0 Å². The van der Waals surface area contributed by atoms with E-state index in [9.17, 15) is 9.18 Å². The second kappa shape index (κ2) is 5.66. The summed E-state index contributed by atoms with van der Waals surface area (Å²) < 4.78 is 15.0. The molecule has 0 unspecified atom stereocenters. The molecular formula is C11H9BrClFN4O. The second-order valence-electron chi connectivity index (χ2n) is 3.79. The zero-order valence-corrected chi connectivity index (χ0v) is 12.1. The normalized spacial score (nSPS) is 12.2. The van der Waals surface area contributed by atoms with Crippen LogP contribution < -0.4 is 5.32 Å². The maximum atomic E-state index is 13.4. The van der Waals surface area contributed by atoms with Gasteiger partial charge in [-0.05, 0) is 28.9 Å². The summed E-state index contributed by atoms with van der Waals surface area (Å²) in [6.07, 6.45) is 2.75. The van der Waals surface area contributed by atoms with Crippen molar-refractivity contribution in [3.63, 3.8) is 0 Å². The number of hydrogen-bond acceptors (Lipinski definition) is 3. The average molecular weight is 348 g/mol. The van der Waals surface area contributed by atoms with Gasteiger partial charge in [-0.1, -0.05) is 11.6 Å². The molecule has 0 spiro atoms. The van der Waals surface area contributed by atoms with E-state index in [0.29, 0.717) is 0 Å². The monoisotopic (exact) mass is 346 g/mol. The molecule has 8 heteroatoms. The maximum Gasteiger partial charge on any atom is 0.249 e. The first-order chi connectivity index (χ1) is 8.99. The Kier molecular flexibility index (Phi) is 4.16. The van der Waals surface area contributed by atoms with E-state index in [1.54, 1.807) is 6.92 Å². The van der Waals surface area contributed by atoms with Gasteiger partial charge in [-0.25, -0.2) is 14.1 Å². The van der Waals surface area contributed by atoms with E-state index in [1.165, 1.54) is 23.4 Å². The Morgan fingerprint density at radius 3 is 2.95 bits per heavy atom. The zero-order chi connectivity index (χ0) is 14.0. The Balaban J connectivity index is 2.17. The summed E-state index contributed by atoms with van der Waals surface area (Å²) in [7, 11) is 0. The quantitative estimate of drug-likeness (QED) is 0.868. The van der Waals surface area contributed by atoms with Crippen LogP contribution in [0.2, 0.25) is 5.02 Å². The standard InChI is InChI=1S/C11H9BrClFN4O/c1-6(18-5-15-4-16-18)11(19)17-10-3-9(14)7(12)2-8(10)13/h2-6H,1H3,(H,17,19)/t6-/m1/s1. The minimum absolute atomic E-state index is 0.208. The number of hydrogen-bond donors (Lipinski definition) is 1. The van der Waals surface area contributed by atoms with Crippen LogP contribution in [-0.4, -0.2) is 20.7 Å². The Morgan fingerprint density at radius 2 is 2.32 bits per heavy atom. The third-order valence-corrected chi connectivity index (χ3v) is 3.40. The average Bonchev–Trinajstić information content (AvgIpc) is 2.88. The Labute approximate surface area is 121 Å². The fraction of sp³-hybridized carbons (Fsp3) is 0.182. The van der Waals surface area contributed by atoms with Crippen LogP contribution in [0.5, 0.6) is 0 Å². The summed E-state index contributed by atoms with van der Waals surface area (Å²) in [4.78, 5) is 15.7. The predicted molar refractivity (Wildman–Crippen MR) is 72.5 cm³/mol. The predicted octanol–water partition coefficient (Wildman–Crippen LogP) is 3.03. The fourth-order valence-electron chi connectivity index (χ4n) is 1.39. The lowest BCUT2D eigenvalue weighted by Gasteiger charge is -2.13. The molecule has 0 aliphatic carbocycles. The van der Waals surface area contributed by atoms with Crippen molar-refractivity contribution in [2.45, 2.75) is 13.0 Å². The van der Waals surface area contributed by atoms with Crippen molar-refractivity contribution in [3.05, 3.63) is 40.1 Å². The van der Waals surface area contributed by atoms with Gasteiger partial charge < -0.3 is 5.32 Å². The highest BCUT2D eigenvalue weighted by atomic mass is 79.9. The van der Waals surface area contributed by atoms with Crippen molar-refractivity contribution in [1.82, 2.24) is 14.8 Å². The van der Waals surface area contributed by atoms with Gasteiger partial charge in [0, 0.05) is 6.07 Å². The number of carbonyl (C=O) groups is 1. The van der Waals surface area contributed by atoms with E-state index in [1.807, 2.05) is 0 Å². The number of nitrogens with zero attached hydrogens (tertiary/aromatic N) is 3. The number of benzene rings is 1. The summed E-state index contributed by atoms with van der Waals surface area (Å²) in [5.41, 5.74) is 0.208. The molecule has 1 amide bonds. The molecule has 1 aromatic heterocycles. The van der Waals surface area contributed by atoms with E-state index in [2.05, 4.69) is 31.3 Å². The Hall–Kier alpha value is -1.47. The van der Waals surface area contributed by atoms with Gasteiger partial charge in [0.15, 0.2) is 0 Å². The van der Waals surface area contributed by atoms with Crippen LogP contribution in [0.1, 0.15) is 13.0 Å². The van der Waals surface area contributed by atoms with E-state index in [-0.39, 0.29) is 21.1 Å². The second-order valence-corrected chi connectivity index (χ2v) is 5.05. The van der Waals surface area contributed by atoms with Gasteiger partial charge in [-0.15, -0.1) is 0 Å². The summed E-state index contributed by atoms with van der Waals surface area (Å²) in [5, 5.41) is 6.65. The van der Waals surface area contributed by atoms with Gasteiger partial charge >= 0.3 is 0 Å². The lowest BCUT2D eigenvalue weighted by Crippen LogP contribution is -2.24. The van der Waals surface area contributed by atoms with Crippen molar-refractivity contribution in [1.29, 1.82) is 0 Å². The first kappa shape index (κ1) is 14.0. The molecule has 0 bridgehead atoms. The molecule has 19 heavy (non-hydrogen) atoms. The molecular weight excluding hydrogens is 339 g/mol. The molecule has 1 aromatic carbocycles. The molecule has 1 atom stereocenters. The van der Waals surface area contributed by atoms with E-state index >= 15 is 0 Å². The van der Waals surface area contributed by atoms with Gasteiger partial charge in [0.1, 0.15) is 24.5 Å². The topological polar surface area (TPSA) is 59.8 Å². The number of rotatable bonds is 3. The minimum atomic E-state index is -0.578. The largest absolute Gasteiger partial charge is 0.323 e. The summed E-state index contributed by atoms with van der Waals surface area (Å²) in [6.45, 7) is 1.65. The van der Waals surface area contributed by atoms with Gasteiger partial charge in [0.2, 0.25) is 5.91 Å². The van der Waals surface area contributed by atoms with Crippen LogP contribution in [0.4, 0.5) is 10.1 Å². The van der Waals surface area contributed by atoms with Gasteiger partial charge in [0.25, 0.3) is 0 Å². The van der Waals surface area contributed by atoms with Crippen LogP contribution in [0.3, 0.4) is 0 Å². The van der Waals surface area contributed by atoms with Crippen molar-refractivity contribution >= 4 is 39.1 Å². The number of aromatic nitrogens is 3. The van der Waals surface area contributed by atoms with Crippen molar-refractivity contribution in [2.75, 3.05) is 5.32 Å². The number of halogens is 3. The molecule has 1 N–H and O–H groups in total. The SMILES string of the molecule is C[C@H](C(=O)Nc1cc(F)c(Br)cc1Cl)n1cncn1. The molecule has 0 radical (unpaired) electrons. The van der Waals surface area contributed by atoms with Crippen molar-refractivity contribution < 1.29 is 9.18 Å². The molecule has 1 heterocycles. The van der Waals surface area contributed by atoms with Gasteiger partial charge in [-0.2, -0.15) is 5.10 Å². The van der Waals surface area contributed by atoms with E-state index in [0.717, 1.165) is 6.07 Å². The minimum Gasteiger partial charge on any atom is -0.323 e. The van der Waals surface area contributed by atoms with Gasteiger partial charge in [0.05, 0.1) is 15.2 Å². The third kappa shape index (κ3) is 3.10. The highest BCUT2D eigenvalue weighted by Gasteiger charge is 2.17. The van der Waals surface area contributed by atoms with E-state index in [4.69, 9.17) is 11.6 Å². The number of nitrogens with one attached hydrogen (secondary N) is 1. The summed E-state index contributed by atoms with van der Waals surface area (Å²) in [6, 6.07) is 1.95.